The molecular weight excluding hydrogens is 695 g/mol. The largest absolute Gasteiger partial charge is 0.497 e. The van der Waals surface area contributed by atoms with Gasteiger partial charge < -0.3 is 36.7 Å². The van der Waals surface area contributed by atoms with E-state index in [1.807, 2.05) is 6.92 Å². The number of hydrogen-bond donors (Lipinski definition) is 6. The number of terminal acetylenes is 1. The molecule has 2 aromatic carbocycles. The summed E-state index contributed by atoms with van der Waals surface area (Å²) < 4.78 is 10.5. The maximum atomic E-state index is 13.9. The predicted molar refractivity (Wildman–Crippen MR) is 210 cm³/mol. The lowest BCUT2D eigenvalue weighted by atomic mass is 9.78. The molecule has 14 nitrogen and oxygen atoms in total. The number of aromatic amines is 1. The molecule has 9 N–H and O–H groups in total. The van der Waals surface area contributed by atoms with Crippen LogP contribution in [0.1, 0.15) is 65.5 Å². The number of amides is 3. The molecule has 2 heterocycles. The zero-order valence-corrected chi connectivity index (χ0v) is 31.2. The summed E-state index contributed by atoms with van der Waals surface area (Å²) in [7, 11) is 3.13. The number of hydrogen-bond acceptors (Lipinski definition) is 9. The van der Waals surface area contributed by atoms with Gasteiger partial charge >= 0.3 is 0 Å². The van der Waals surface area contributed by atoms with Crippen LogP contribution < -0.4 is 42.4 Å². The number of nitrogens with one attached hydrogen (secondary N) is 3. The van der Waals surface area contributed by atoms with Gasteiger partial charge in [-0.25, -0.2) is 5.84 Å². The van der Waals surface area contributed by atoms with Gasteiger partial charge in [0.25, 0.3) is 11.8 Å². The van der Waals surface area contributed by atoms with Gasteiger partial charge in [0, 0.05) is 22.4 Å². The van der Waals surface area contributed by atoms with E-state index in [-0.39, 0.29) is 24.3 Å². The van der Waals surface area contributed by atoms with Gasteiger partial charge in [0.05, 0.1) is 19.8 Å². The number of H-pyrrole nitrogens is 1. The molecule has 0 spiro atoms. The molecule has 0 aliphatic heterocycles. The Morgan fingerprint density at radius 1 is 1.00 bits per heavy atom. The highest BCUT2D eigenvalue weighted by molar-refractivity contribution is 7.16. The number of benzene rings is 2. The Bertz CT molecular complexity index is 1910. The van der Waals surface area contributed by atoms with Crippen molar-refractivity contribution in [1.82, 2.24) is 9.99 Å². The number of hydrazone groups is 1. The zero-order chi connectivity index (χ0) is 38.5. The highest BCUT2D eigenvalue weighted by atomic mass is 32.1. The van der Waals surface area contributed by atoms with Crippen molar-refractivity contribution in [2.45, 2.75) is 57.9 Å². The van der Waals surface area contributed by atoms with Gasteiger partial charge in [-0.05, 0) is 92.4 Å². The quantitative estimate of drug-likeness (QED) is 0.0405. The number of nitrogens with two attached hydrogens (primary N) is 3. The Morgan fingerprint density at radius 3 is 2.15 bits per heavy atom. The number of aromatic nitrogens is 1. The maximum Gasteiger partial charge on any atom is 0.272 e. The number of carbonyl (C=O) groups is 3. The van der Waals surface area contributed by atoms with E-state index in [1.54, 1.807) is 81.1 Å². The van der Waals surface area contributed by atoms with Crippen LogP contribution in [-0.4, -0.2) is 60.0 Å². The fourth-order valence-corrected chi connectivity index (χ4v) is 7.33. The normalized spacial score (nSPS) is 13.4. The van der Waals surface area contributed by atoms with Crippen molar-refractivity contribution in [1.29, 1.82) is 0 Å². The summed E-state index contributed by atoms with van der Waals surface area (Å²) in [5.74, 6) is 14.0. The lowest BCUT2D eigenvalue weighted by Crippen LogP contribution is -2.63. The first-order valence-electron chi connectivity index (χ1n) is 17.0. The van der Waals surface area contributed by atoms with E-state index in [9.17, 15) is 14.4 Å². The van der Waals surface area contributed by atoms with Crippen molar-refractivity contribution in [2.24, 2.45) is 22.5 Å². The van der Waals surface area contributed by atoms with Crippen molar-refractivity contribution in [3.8, 4) is 23.8 Å². The molecule has 0 unspecified atom stereocenters. The van der Waals surface area contributed by atoms with E-state index in [0.717, 1.165) is 51.7 Å². The SMILES string of the molecule is C#Cc1c(NC(=O)c2ccc[nH]2)sc(C)c1CC.COc1ccc(NC(=O)C2(N(C(=O)CN(N)/C(N)=N\N)c3ccc(OC)cc3)CCCCC2)cc1. The summed E-state index contributed by atoms with van der Waals surface area (Å²) in [6.07, 6.45) is 11.6. The van der Waals surface area contributed by atoms with Gasteiger partial charge in [-0.3, -0.25) is 24.3 Å². The summed E-state index contributed by atoms with van der Waals surface area (Å²) in [4.78, 5) is 45.1. The topological polar surface area (TPSA) is 206 Å². The lowest BCUT2D eigenvalue weighted by molar-refractivity contribution is -0.128. The molecule has 5 rings (SSSR count). The third-order valence-corrected chi connectivity index (χ3v) is 10.0. The lowest BCUT2D eigenvalue weighted by Gasteiger charge is -2.45. The number of hydrazine groups is 1. The van der Waals surface area contributed by atoms with Crippen LogP contribution in [-0.2, 0) is 16.0 Å². The number of anilines is 3. The zero-order valence-electron chi connectivity index (χ0n) is 30.4. The smallest absolute Gasteiger partial charge is 0.272 e. The van der Waals surface area contributed by atoms with Crippen LogP contribution in [0.4, 0.5) is 16.4 Å². The Hall–Kier alpha value is -5.98. The maximum absolute atomic E-state index is 13.9. The Balaban J connectivity index is 0.000000291. The minimum Gasteiger partial charge on any atom is -0.497 e. The van der Waals surface area contributed by atoms with Crippen LogP contribution in [0, 0.1) is 19.3 Å². The van der Waals surface area contributed by atoms with E-state index in [0.29, 0.717) is 41.4 Å². The monoisotopic (exact) mass is 741 g/mol. The van der Waals surface area contributed by atoms with Crippen LogP contribution in [0.5, 0.6) is 11.5 Å². The summed E-state index contributed by atoms with van der Waals surface area (Å²) >= 11 is 1.53. The minimum absolute atomic E-state index is 0.166. The minimum atomic E-state index is -1.14. The number of guanidine groups is 1. The first-order valence-corrected chi connectivity index (χ1v) is 17.8. The second kappa shape index (κ2) is 18.5. The van der Waals surface area contributed by atoms with Crippen LogP contribution >= 0.6 is 11.3 Å². The fourth-order valence-electron chi connectivity index (χ4n) is 6.23. The molecule has 15 heteroatoms. The van der Waals surface area contributed by atoms with Crippen LogP contribution in [0.2, 0.25) is 0 Å². The number of methoxy groups -OCH3 is 2. The molecule has 0 saturated heterocycles. The Morgan fingerprint density at radius 2 is 1.62 bits per heavy atom. The van der Waals surface area contributed by atoms with Crippen molar-refractivity contribution in [3.63, 3.8) is 0 Å². The molecule has 1 aliphatic rings. The third kappa shape index (κ3) is 9.47. The Kier molecular flexibility index (Phi) is 13.9. The van der Waals surface area contributed by atoms with Crippen LogP contribution in [0.3, 0.4) is 0 Å². The van der Waals surface area contributed by atoms with Gasteiger partial charge in [0.2, 0.25) is 11.9 Å². The highest BCUT2D eigenvalue weighted by Crippen LogP contribution is 2.39. The summed E-state index contributed by atoms with van der Waals surface area (Å²) in [6, 6.07) is 17.5. The second-order valence-electron chi connectivity index (χ2n) is 12.2. The molecule has 280 valence electrons. The first kappa shape index (κ1) is 39.8. The average Bonchev–Trinajstić information content (AvgIpc) is 3.83. The van der Waals surface area contributed by atoms with Crippen molar-refractivity contribution < 1.29 is 23.9 Å². The summed E-state index contributed by atoms with van der Waals surface area (Å²) in [6.45, 7) is 3.76. The van der Waals surface area contributed by atoms with E-state index < -0.39 is 11.4 Å². The van der Waals surface area contributed by atoms with Gasteiger partial charge in [-0.1, -0.05) is 32.1 Å². The van der Waals surface area contributed by atoms with Crippen LogP contribution in [0.25, 0.3) is 0 Å². The number of rotatable bonds is 11. The van der Waals surface area contributed by atoms with Gasteiger partial charge in [0.15, 0.2) is 0 Å². The molecular formula is C38H47N9O5S. The molecule has 0 atom stereocenters. The fraction of sp³-hybridized carbons (Fsp3) is 0.316. The van der Waals surface area contributed by atoms with E-state index in [4.69, 9.17) is 33.3 Å². The van der Waals surface area contributed by atoms with Gasteiger partial charge in [-0.2, -0.15) is 0 Å². The standard InChI is InChI=1S/C24H33N7O4.C14H14N2OS/c1-34-19-10-6-17(7-11-19)28-22(33)24(14-4-3-5-15-24)31(18-8-12-20(35-2)13-9-18)21(32)16-30(27)23(25)29-26;1-4-10-9(3)18-14(11(10)5-2)16-13(17)12-7-6-8-15-12/h6-13H,3-5,14-16,26-27H2,1-2H3,(H2,25,29)(H,28,33);2,6-8,15H,4H2,1,3H3,(H,16,17). The molecule has 0 radical (unpaired) electrons. The summed E-state index contributed by atoms with van der Waals surface area (Å²) in [5, 5.41) is 10.9. The van der Waals surface area contributed by atoms with Crippen molar-refractivity contribution in [3.05, 3.63) is 88.6 Å². The number of ether oxygens (including phenoxy) is 2. The molecule has 3 amide bonds. The molecule has 53 heavy (non-hydrogen) atoms. The number of nitrogens with zero attached hydrogens (tertiary/aromatic N) is 3. The summed E-state index contributed by atoms with van der Waals surface area (Å²) in [5.41, 5.74) is 8.17. The molecule has 1 saturated carbocycles. The van der Waals surface area contributed by atoms with Crippen molar-refractivity contribution in [2.75, 3.05) is 36.3 Å². The molecule has 0 bridgehead atoms. The third-order valence-electron chi connectivity index (χ3n) is 8.97. The van der Waals surface area contributed by atoms with E-state index in [2.05, 4.69) is 33.6 Å². The second-order valence-corrected chi connectivity index (χ2v) is 13.4. The molecule has 4 aromatic rings. The number of thiophene rings is 1. The highest BCUT2D eigenvalue weighted by Gasteiger charge is 2.48. The van der Waals surface area contributed by atoms with Crippen molar-refractivity contribution >= 4 is 51.4 Å². The van der Waals surface area contributed by atoms with E-state index in [1.165, 1.54) is 16.2 Å². The molecule has 1 aliphatic carbocycles. The average molecular weight is 742 g/mol. The first-order chi connectivity index (χ1) is 25.5. The molecule has 2 aromatic heterocycles. The van der Waals surface area contributed by atoms with Gasteiger partial charge in [-0.15, -0.1) is 22.9 Å². The number of carbonyl (C=O) groups excluding carboxylic acids is 3. The predicted octanol–water partition coefficient (Wildman–Crippen LogP) is 4.92. The van der Waals surface area contributed by atoms with E-state index >= 15 is 0 Å². The van der Waals surface area contributed by atoms with Crippen LogP contribution in [0.15, 0.2) is 72.0 Å². The molecule has 1 fully saturated rings. The van der Waals surface area contributed by atoms with Gasteiger partial charge in [0.1, 0.15) is 34.3 Å². The number of aryl methyl sites for hydroxylation is 1. The Labute approximate surface area is 313 Å².